The Morgan fingerprint density at radius 3 is 2.90 bits per heavy atom. The minimum Gasteiger partial charge on any atom is -0.380 e. The molecule has 2 unspecified atom stereocenters. The lowest BCUT2D eigenvalue weighted by Crippen LogP contribution is -2.34. The van der Waals surface area contributed by atoms with E-state index < -0.39 is 0 Å². The first-order chi connectivity index (χ1) is 9.63. The van der Waals surface area contributed by atoms with E-state index in [0.29, 0.717) is 16.1 Å². The summed E-state index contributed by atoms with van der Waals surface area (Å²) >= 11 is 12.4. The smallest absolute Gasteiger partial charge is 0.0640 e. The second-order valence-electron chi connectivity index (χ2n) is 5.27. The topological polar surface area (TPSA) is 24.5 Å². The maximum absolute atomic E-state index is 6.30. The van der Waals surface area contributed by atoms with E-state index in [1.165, 1.54) is 0 Å². The Morgan fingerprint density at radius 2 is 2.25 bits per heavy atom. The second-order valence-corrected chi connectivity index (χ2v) is 6.06. The zero-order chi connectivity index (χ0) is 14.5. The highest BCUT2D eigenvalue weighted by molar-refractivity contribution is 6.42. The maximum Gasteiger partial charge on any atom is 0.0640 e. The van der Waals surface area contributed by atoms with Crippen molar-refractivity contribution in [1.29, 1.82) is 0 Å². The van der Waals surface area contributed by atoms with Gasteiger partial charge < -0.3 is 15.0 Å². The van der Waals surface area contributed by atoms with Gasteiger partial charge in [-0.3, -0.25) is 0 Å². The molecule has 1 saturated heterocycles. The SMILES string of the molecule is CNC(CCN(C)C1CCOC1)c1cccc(Cl)c1Cl. The van der Waals surface area contributed by atoms with Gasteiger partial charge in [0.1, 0.15) is 0 Å². The molecule has 2 atom stereocenters. The van der Waals surface area contributed by atoms with E-state index in [-0.39, 0.29) is 6.04 Å². The van der Waals surface area contributed by atoms with E-state index in [1.807, 2.05) is 25.2 Å². The highest BCUT2D eigenvalue weighted by Crippen LogP contribution is 2.31. The van der Waals surface area contributed by atoms with Crippen molar-refractivity contribution >= 4 is 23.2 Å². The number of hydrogen-bond acceptors (Lipinski definition) is 3. The van der Waals surface area contributed by atoms with Crippen molar-refractivity contribution in [3.63, 3.8) is 0 Å². The number of likely N-dealkylation sites (N-methyl/N-ethyl adjacent to an activating group) is 1. The molecule has 0 spiro atoms. The normalized spacial score (nSPS) is 20.6. The molecule has 0 amide bonds. The van der Waals surface area contributed by atoms with Gasteiger partial charge in [0.05, 0.1) is 16.7 Å². The quantitative estimate of drug-likeness (QED) is 0.871. The lowest BCUT2D eigenvalue weighted by atomic mass is 10.0. The highest BCUT2D eigenvalue weighted by Gasteiger charge is 2.21. The van der Waals surface area contributed by atoms with Crippen molar-refractivity contribution in [2.24, 2.45) is 0 Å². The average Bonchev–Trinajstić information content (AvgIpc) is 2.97. The van der Waals surface area contributed by atoms with E-state index in [2.05, 4.69) is 17.3 Å². The van der Waals surface area contributed by atoms with Crippen LogP contribution in [0.3, 0.4) is 0 Å². The van der Waals surface area contributed by atoms with Crippen molar-refractivity contribution in [2.45, 2.75) is 24.9 Å². The van der Waals surface area contributed by atoms with E-state index >= 15 is 0 Å². The molecule has 1 aromatic rings. The Labute approximate surface area is 131 Å². The number of halogens is 2. The molecule has 0 bridgehead atoms. The van der Waals surface area contributed by atoms with Crippen LogP contribution in [0.15, 0.2) is 18.2 Å². The summed E-state index contributed by atoms with van der Waals surface area (Å²) in [6.45, 7) is 2.73. The molecule has 2 rings (SSSR count). The summed E-state index contributed by atoms with van der Waals surface area (Å²) in [5, 5.41) is 4.60. The van der Waals surface area contributed by atoms with Crippen molar-refractivity contribution < 1.29 is 4.74 Å². The fourth-order valence-corrected chi connectivity index (χ4v) is 3.07. The van der Waals surface area contributed by atoms with Crippen LogP contribution in [0, 0.1) is 0 Å². The number of rotatable bonds is 6. The molecule has 1 aliphatic heterocycles. The van der Waals surface area contributed by atoms with Crippen molar-refractivity contribution in [3.8, 4) is 0 Å². The summed E-state index contributed by atoms with van der Waals surface area (Å²) < 4.78 is 5.43. The van der Waals surface area contributed by atoms with Crippen LogP contribution < -0.4 is 5.32 Å². The van der Waals surface area contributed by atoms with Gasteiger partial charge in [-0.05, 0) is 38.6 Å². The molecule has 1 aliphatic rings. The Hall–Kier alpha value is -0.320. The molecule has 112 valence electrons. The minimum absolute atomic E-state index is 0.214. The van der Waals surface area contributed by atoms with Crippen LogP contribution in [0.25, 0.3) is 0 Å². The van der Waals surface area contributed by atoms with Crippen LogP contribution in [0.2, 0.25) is 10.0 Å². The van der Waals surface area contributed by atoms with Gasteiger partial charge in [-0.15, -0.1) is 0 Å². The van der Waals surface area contributed by atoms with Crippen LogP contribution in [-0.4, -0.2) is 44.8 Å². The summed E-state index contributed by atoms with van der Waals surface area (Å²) in [5.41, 5.74) is 1.07. The molecule has 0 aromatic heterocycles. The van der Waals surface area contributed by atoms with Crippen LogP contribution in [0.5, 0.6) is 0 Å². The minimum atomic E-state index is 0.214. The standard InChI is InChI=1S/C15H22Cl2N2O/c1-18-14(12-4-3-5-13(16)15(12)17)6-8-19(2)11-7-9-20-10-11/h3-5,11,14,18H,6-10H2,1-2H3. The predicted octanol–water partition coefficient (Wildman–Crippen LogP) is 3.36. The molecule has 5 heteroatoms. The fourth-order valence-electron chi connectivity index (χ4n) is 2.63. The third kappa shape index (κ3) is 3.86. The van der Waals surface area contributed by atoms with E-state index in [1.54, 1.807) is 0 Å². The van der Waals surface area contributed by atoms with Gasteiger partial charge in [-0.25, -0.2) is 0 Å². The Bertz CT molecular complexity index is 436. The third-order valence-corrected chi connectivity index (χ3v) is 4.84. The zero-order valence-corrected chi connectivity index (χ0v) is 13.5. The van der Waals surface area contributed by atoms with Gasteiger partial charge in [-0.1, -0.05) is 35.3 Å². The largest absolute Gasteiger partial charge is 0.380 e. The lowest BCUT2D eigenvalue weighted by molar-refractivity contribution is 0.157. The molecule has 20 heavy (non-hydrogen) atoms. The number of ether oxygens (including phenoxy) is 1. The first-order valence-corrected chi connectivity index (χ1v) is 7.78. The van der Waals surface area contributed by atoms with E-state index in [0.717, 1.165) is 38.2 Å². The maximum atomic E-state index is 6.30. The molecule has 0 radical (unpaired) electrons. The van der Waals surface area contributed by atoms with Crippen LogP contribution in [0.4, 0.5) is 0 Å². The molecular formula is C15H22Cl2N2O. The fraction of sp³-hybridized carbons (Fsp3) is 0.600. The Morgan fingerprint density at radius 1 is 1.45 bits per heavy atom. The molecule has 3 nitrogen and oxygen atoms in total. The summed E-state index contributed by atoms with van der Waals surface area (Å²) in [7, 11) is 4.12. The van der Waals surface area contributed by atoms with Crippen LogP contribution in [0.1, 0.15) is 24.4 Å². The summed E-state index contributed by atoms with van der Waals surface area (Å²) in [6.07, 6.45) is 2.11. The molecule has 1 N–H and O–H groups in total. The van der Waals surface area contributed by atoms with Gasteiger partial charge in [0, 0.05) is 25.2 Å². The van der Waals surface area contributed by atoms with E-state index in [9.17, 15) is 0 Å². The molecule has 0 saturated carbocycles. The van der Waals surface area contributed by atoms with Crippen LogP contribution >= 0.6 is 23.2 Å². The number of nitrogens with zero attached hydrogens (tertiary/aromatic N) is 1. The third-order valence-electron chi connectivity index (χ3n) is 4.00. The van der Waals surface area contributed by atoms with Gasteiger partial charge in [0.2, 0.25) is 0 Å². The molecular weight excluding hydrogens is 295 g/mol. The van der Waals surface area contributed by atoms with Gasteiger partial charge in [0.15, 0.2) is 0 Å². The second kappa shape index (κ2) is 7.62. The van der Waals surface area contributed by atoms with Gasteiger partial charge in [0.25, 0.3) is 0 Å². The summed E-state index contributed by atoms with van der Waals surface area (Å²) in [5.74, 6) is 0. The summed E-state index contributed by atoms with van der Waals surface area (Å²) in [4.78, 5) is 2.37. The Kier molecular flexibility index (Phi) is 6.12. The average molecular weight is 317 g/mol. The number of benzene rings is 1. The van der Waals surface area contributed by atoms with Crippen LogP contribution in [-0.2, 0) is 4.74 Å². The first-order valence-electron chi connectivity index (χ1n) is 7.02. The molecule has 0 aliphatic carbocycles. The Balaban J connectivity index is 1.96. The van der Waals surface area contributed by atoms with Gasteiger partial charge >= 0.3 is 0 Å². The number of nitrogens with one attached hydrogen (secondary N) is 1. The van der Waals surface area contributed by atoms with E-state index in [4.69, 9.17) is 27.9 Å². The van der Waals surface area contributed by atoms with Crippen molar-refractivity contribution in [1.82, 2.24) is 10.2 Å². The molecule has 1 aromatic carbocycles. The number of hydrogen-bond donors (Lipinski definition) is 1. The highest BCUT2D eigenvalue weighted by atomic mass is 35.5. The first kappa shape index (κ1) is 16.1. The van der Waals surface area contributed by atoms with Gasteiger partial charge in [-0.2, -0.15) is 0 Å². The van der Waals surface area contributed by atoms with Crippen molar-refractivity contribution in [3.05, 3.63) is 33.8 Å². The monoisotopic (exact) mass is 316 g/mol. The predicted molar refractivity (Wildman–Crippen MR) is 84.7 cm³/mol. The zero-order valence-electron chi connectivity index (χ0n) is 12.0. The molecule has 1 fully saturated rings. The lowest BCUT2D eigenvalue weighted by Gasteiger charge is -2.26. The summed E-state index contributed by atoms with van der Waals surface area (Å²) in [6, 6.07) is 6.56. The van der Waals surface area contributed by atoms with Crippen molar-refractivity contribution in [2.75, 3.05) is 33.9 Å². The molecule has 1 heterocycles.